The number of nitrogens with two attached hydrogens (primary N) is 1. The van der Waals surface area contributed by atoms with Crippen LogP contribution in [0.5, 0.6) is 0 Å². The van der Waals surface area contributed by atoms with Gasteiger partial charge in [0.25, 0.3) is 5.69 Å². The molecule has 1 aromatic heterocycles. The van der Waals surface area contributed by atoms with Gasteiger partial charge in [-0.2, -0.15) is 4.98 Å². The summed E-state index contributed by atoms with van der Waals surface area (Å²) in [5, 5.41) is 18.4. The number of benzene rings is 2. The number of nitrogens with one attached hydrogen (secondary N) is 1. The smallest absolute Gasteiger partial charge is 0.269 e. The number of nitrogens with zero attached hydrogens (tertiary/aromatic N) is 4. The third-order valence-corrected chi connectivity index (χ3v) is 4.64. The quantitative estimate of drug-likeness (QED) is 0.517. The summed E-state index contributed by atoms with van der Waals surface area (Å²) in [7, 11) is 0. The van der Waals surface area contributed by atoms with Crippen LogP contribution in [0.1, 0.15) is 18.5 Å². The first-order valence-electron chi connectivity index (χ1n) is 8.59. The highest BCUT2D eigenvalue weighted by molar-refractivity contribution is 5.95. The number of nitro groups is 1. The molecule has 146 valence electrons. The minimum Gasteiger partial charge on any atom is -0.366 e. The Morgan fingerprint density at radius 3 is 2.45 bits per heavy atom. The average molecular weight is 394 g/mol. The van der Waals surface area contributed by atoms with Gasteiger partial charge in [0.05, 0.1) is 10.5 Å². The average Bonchev–Trinajstić information content (AvgIpc) is 3.10. The van der Waals surface area contributed by atoms with Crippen LogP contribution < -0.4 is 11.1 Å². The first kappa shape index (κ1) is 18.3. The number of anilines is 1. The van der Waals surface area contributed by atoms with Gasteiger partial charge in [-0.15, -0.1) is 5.10 Å². The fourth-order valence-corrected chi connectivity index (χ4v) is 3.28. The number of halogens is 1. The van der Waals surface area contributed by atoms with Crippen LogP contribution in [0.2, 0.25) is 0 Å². The molecule has 0 saturated heterocycles. The first-order valence-corrected chi connectivity index (χ1v) is 8.59. The molecule has 1 aliphatic rings. The lowest BCUT2D eigenvalue weighted by molar-refractivity contribution is -0.384. The van der Waals surface area contributed by atoms with Crippen LogP contribution in [-0.2, 0) is 4.79 Å². The summed E-state index contributed by atoms with van der Waals surface area (Å²) in [6, 6.07) is 10.8. The Balaban J connectivity index is 1.84. The third kappa shape index (κ3) is 3.20. The van der Waals surface area contributed by atoms with Crippen molar-refractivity contribution in [2.45, 2.75) is 13.0 Å². The maximum atomic E-state index is 13.2. The zero-order chi connectivity index (χ0) is 20.7. The SMILES string of the molecule is CC1=C(C(N)=O)C(c2ccc([N+](=O)[O-])cc2)n2nc(-c3ccc(F)cc3)nc2N1. The second kappa shape index (κ2) is 6.82. The number of non-ortho nitro benzene ring substituents is 1. The second-order valence-electron chi connectivity index (χ2n) is 6.49. The minimum atomic E-state index is -0.716. The molecule has 10 heteroatoms. The molecule has 1 amide bonds. The lowest BCUT2D eigenvalue weighted by atomic mass is 9.95. The van der Waals surface area contributed by atoms with Gasteiger partial charge < -0.3 is 11.1 Å². The van der Waals surface area contributed by atoms with Crippen molar-refractivity contribution in [2.24, 2.45) is 5.73 Å². The summed E-state index contributed by atoms with van der Waals surface area (Å²) in [5.74, 6) is -0.330. The second-order valence-corrected chi connectivity index (χ2v) is 6.49. The Labute approximate surface area is 163 Å². The summed E-state index contributed by atoms with van der Waals surface area (Å²) >= 11 is 0. The molecular weight excluding hydrogens is 379 g/mol. The van der Waals surface area contributed by atoms with Crippen molar-refractivity contribution in [3.63, 3.8) is 0 Å². The fraction of sp³-hybridized carbons (Fsp3) is 0.105. The number of carbonyl (C=O) groups excluding carboxylic acids is 1. The Bertz CT molecular complexity index is 1150. The van der Waals surface area contributed by atoms with Crippen molar-refractivity contribution in [3.05, 3.63) is 81.3 Å². The highest BCUT2D eigenvalue weighted by atomic mass is 19.1. The third-order valence-electron chi connectivity index (χ3n) is 4.64. The van der Waals surface area contributed by atoms with Crippen molar-refractivity contribution >= 4 is 17.5 Å². The number of amides is 1. The Morgan fingerprint density at radius 2 is 1.86 bits per heavy atom. The van der Waals surface area contributed by atoms with Crippen molar-refractivity contribution in [1.29, 1.82) is 0 Å². The molecule has 0 bridgehead atoms. The van der Waals surface area contributed by atoms with E-state index in [1.165, 1.54) is 28.9 Å². The molecule has 0 saturated carbocycles. The van der Waals surface area contributed by atoms with Crippen LogP contribution in [-0.4, -0.2) is 25.6 Å². The molecule has 1 unspecified atom stereocenters. The van der Waals surface area contributed by atoms with E-state index >= 15 is 0 Å². The summed E-state index contributed by atoms with van der Waals surface area (Å²) in [4.78, 5) is 27.1. The molecule has 1 aliphatic heterocycles. The van der Waals surface area contributed by atoms with Gasteiger partial charge in [-0.1, -0.05) is 0 Å². The molecule has 2 heterocycles. The van der Waals surface area contributed by atoms with E-state index in [4.69, 9.17) is 5.73 Å². The first-order chi connectivity index (χ1) is 13.8. The molecule has 2 aromatic carbocycles. The highest BCUT2D eigenvalue weighted by Crippen LogP contribution is 2.36. The van der Waals surface area contributed by atoms with Gasteiger partial charge in [0.1, 0.15) is 11.9 Å². The molecule has 0 spiro atoms. The van der Waals surface area contributed by atoms with Gasteiger partial charge in [0.2, 0.25) is 11.9 Å². The van der Waals surface area contributed by atoms with E-state index in [2.05, 4.69) is 15.4 Å². The van der Waals surface area contributed by atoms with Crippen LogP contribution in [0.3, 0.4) is 0 Å². The van der Waals surface area contributed by atoms with E-state index in [9.17, 15) is 19.3 Å². The Kier molecular flexibility index (Phi) is 4.30. The Morgan fingerprint density at radius 1 is 1.21 bits per heavy atom. The number of fused-ring (bicyclic) bond motifs is 1. The molecule has 3 aromatic rings. The maximum absolute atomic E-state index is 13.2. The maximum Gasteiger partial charge on any atom is 0.269 e. The van der Waals surface area contributed by atoms with Gasteiger partial charge in [-0.05, 0) is 48.9 Å². The summed E-state index contributed by atoms with van der Waals surface area (Å²) in [5.41, 5.74) is 7.48. The number of hydrogen-bond donors (Lipinski definition) is 2. The molecule has 4 rings (SSSR count). The highest BCUT2D eigenvalue weighted by Gasteiger charge is 2.33. The summed E-state index contributed by atoms with van der Waals surface area (Å²) in [6.45, 7) is 1.69. The van der Waals surface area contributed by atoms with E-state index in [0.29, 0.717) is 28.6 Å². The fourth-order valence-electron chi connectivity index (χ4n) is 3.28. The Hall–Kier alpha value is -4.08. The van der Waals surface area contributed by atoms with Gasteiger partial charge in [-0.3, -0.25) is 14.9 Å². The van der Waals surface area contributed by atoms with E-state index in [1.54, 1.807) is 31.2 Å². The largest absolute Gasteiger partial charge is 0.366 e. The molecular formula is C19H15FN6O3. The van der Waals surface area contributed by atoms with Gasteiger partial charge in [-0.25, -0.2) is 9.07 Å². The lowest BCUT2D eigenvalue weighted by Crippen LogP contribution is -2.31. The zero-order valence-corrected chi connectivity index (χ0v) is 15.2. The number of allylic oxidation sites excluding steroid dienone is 1. The van der Waals surface area contributed by atoms with Gasteiger partial charge in [0, 0.05) is 23.4 Å². The van der Waals surface area contributed by atoms with Gasteiger partial charge in [0.15, 0.2) is 5.82 Å². The number of primary amides is 1. The molecule has 29 heavy (non-hydrogen) atoms. The van der Waals surface area contributed by atoms with Crippen molar-refractivity contribution in [2.75, 3.05) is 5.32 Å². The van der Waals surface area contributed by atoms with Crippen LogP contribution in [0.25, 0.3) is 11.4 Å². The van der Waals surface area contributed by atoms with Crippen molar-refractivity contribution in [3.8, 4) is 11.4 Å². The van der Waals surface area contributed by atoms with Crippen LogP contribution in [0.15, 0.2) is 59.8 Å². The van der Waals surface area contributed by atoms with E-state index in [-0.39, 0.29) is 17.1 Å². The molecule has 0 aliphatic carbocycles. The summed E-state index contributed by atoms with van der Waals surface area (Å²) < 4.78 is 14.7. The van der Waals surface area contributed by atoms with Crippen molar-refractivity contribution < 1.29 is 14.1 Å². The van der Waals surface area contributed by atoms with Crippen LogP contribution in [0.4, 0.5) is 16.0 Å². The number of hydrogen-bond acceptors (Lipinski definition) is 6. The molecule has 3 N–H and O–H groups in total. The minimum absolute atomic E-state index is 0.0742. The summed E-state index contributed by atoms with van der Waals surface area (Å²) in [6.07, 6.45) is 0. The van der Waals surface area contributed by atoms with Crippen molar-refractivity contribution in [1.82, 2.24) is 14.8 Å². The predicted molar refractivity (Wildman–Crippen MR) is 102 cm³/mol. The van der Waals surface area contributed by atoms with Crippen LogP contribution >= 0.6 is 0 Å². The van der Waals surface area contributed by atoms with Gasteiger partial charge >= 0.3 is 0 Å². The van der Waals surface area contributed by atoms with E-state index in [0.717, 1.165) is 0 Å². The number of nitro benzene ring substituents is 1. The topological polar surface area (TPSA) is 129 Å². The predicted octanol–water partition coefficient (Wildman–Crippen LogP) is 2.77. The number of carbonyl (C=O) groups is 1. The number of rotatable bonds is 4. The standard InChI is InChI=1S/C19H15FN6O3/c1-10-15(17(21)27)16(11-4-8-14(9-5-11)26(28)29)25-19(22-10)23-18(24-25)12-2-6-13(20)7-3-12/h2-9,16H,1H3,(H2,21,27)(H,22,23,24). The van der Waals surface area contributed by atoms with E-state index < -0.39 is 16.9 Å². The normalized spacial score (nSPS) is 15.6. The van der Waals surface area contributed by atoms with E-state index in [1.807, 2.05) is 0 Å². The monoisotopic (exact) mass is 394 g/mol. The molecule has 1 atom stereocenters. The lowest BCUT2D eigenvalue weighted by Gasteiger charge is -2.27. The van der Waals surface area contributed by atoms with Crippen LogP contribution in [0, 0.1) is 15.9 Å². The molecule has 0 radical (unpaired) electrons. The molecule has 0 fully saturated rings. The molecule has 9 nitrogen and oxygen atoms in total. The number of aromatic nitrogens is 3. The zero-order valence-electron chi connectivity index (χ0n) is 15.2.